The van der Waals surface area contributed by atoms with Gasteiger partial charge in [0.25, 0.3) is 0 Å². The van der Waals surface area contributed by atoms with Crippen molar-refractivity contribution in [1.82, 2.24) is 0 Å². The fourth-order valence-corrected chi connectivity index (χ4v) is 2.24. The molecule has 0 amide bonds. The van der Waals surface area contributed by atoms with Gasteiger partial charge in [0, 0.05) is 0 Å². The third-order valence-electron chi connectivity index (χ3n) is 2.71. The van der Waals surface area contributed by atoms with Gasteiger partial charge < -0.3 is 0 Å². The first kappa shape index (κ1) is 25.7. The molecule has 0 spiro atoms. The van der Waals surface area contributed by atoms with Gasteiger partial charge in [0.2, 0.25) is 0 Å². The molecule has 120 valence electrons. The minimum absolute atomic E-state index is 1.38. The first-order chi connectivity index (χ1) is 9.41. The molecule has 0 bridgehead atoms. The van der Waals surface area contributed by atoms with Crippen LogP contribution in [0.25, 0.3) is 0 Å². The molecule has 8 heteroatoms. The Morgan fingerprint density at radius 3 is 1.25 bits per heavy atom. The van der Waals surface area contributed by atoms with Crippen LogP contribution in [-0.2, 0) is 10.4 Å². The van der Waals surface area contributed by atoms with Crippen LogP contribution in [0.5, 0.6) is 0 Å². The molecule has 0 saturated carbocycles. The largest absolute Gasteiger partial charge is 0.394 e. The van der Waals surface area contributed by atoms with Gasteiger partial charge in [-0.2, -0.15) is 8.42 Å². The Morgan fingerprint density at radius 2 is 1.00 bits per heavy atom. The second-order valence-corrected chi connectivity index (χ2v) is 6.53. The standard InChI is InChI=1S/C12H25.Na.H2O4S.H2O2/c1-3-5-7-9-11-12-10-8-6-4-2;;1-5(2,3)4;1-2/h1,3-12H2,2H3;;(H2,1,2,3,4);1-2H. The van der Waals surface area contributed by atoms with Crippen LogP contribution < -0.4 is 0 Å². The quantitative estimate of drug-likeness (QED) is 0.159. The number of rotatable bonds is 10. The molecule has 0 atom stereocenters. The van der Waals surface area contributed by atoms with Gasteiger partial charge in [-0.15, -0.1) is 0 Å². The van der Waals surface area contributed by atoms with E-state index in [0.29, 0.717) is 0 Å². The molecule has 0 rings (SSSR count). The Kier molecular flexibility index (Phi) is 28.4. The smallest absolute Gasteiger partial charge is 0.264 e. The minimum Gasteiger partial charge on any atom is -0.264 e. The average Bonchev–Trinajstić information content (AvgIpc) is 2.37. The molecule has 0 saturated heterocycles. The van der Waals surface area contributed by atoms with Gasteiger partial charge >= 0.3 is 113 Å². The molecule has 20 heavy (non-hydrogen) atoms. The molecule has 0 aromatic rings. The van der Waals surface area contributed by atoms with Crippen molar-refractivity contribution in [2.75, 3.05) is 0 Å². The van der Waals surface area contributed by atoms with E-state index < -0.39 is 10.4 Å². The zero-order valence-corrected chi connectivity index (χ0v) is 15.6. The number of hydrogen-bond acceptors (Lipinski definition) is 4. The predicted molar refractivity (Wildman–Crippen MR) is 81.8 cm³/mol. The van der Waals surface area contributed by atoms with Crippen molar-refractivity contribution in [3.8, 4) is 0 Å². The van der Waals surface area contributed by atoms with Crippen LogP contribution in [0.4, 0.5) is 0 Å². The summed E-state index contributed by atoms with van der Waals surface area (Å²) in [5.41, 5.74) is 0. The first-order valence-corrected chi connectivity index (χ1v) is 10.1. The first-order valence-electron chi connectivity index (χ1n) is 7.31. The van der Waals surface area contributed by atoms with Gasteiger partial charge in [-0.05, 0) is 0 Å². The van der Waals surface area contributed by atoms with Crippen molar-refractivity contribution >= 4 is 38.3 Å². The second-order valence-electron chi connectivity index (χ2n) is 4.63. The molecule has 0 aromatic heterocycles. The summed E-state index contributed by atoms with van der Waals surface area (Å²) in [6.45, 7) is 2.29. The molecule has 0 aliphatic heterocycles. The van der Waals surface area contributed by atoms with Crippen molar-refractivity contribution in [3.05, 3.63) is 0 Å². The third-order valence-corrected chi connectivity index (χ3v) is 3.41. The number of hydrogen-bond donors (Lipinski definition) is 4. The molecule has 6 nitrogen and oxygen atoms in total. The van der Waals surface area contributed by atoms with Crippen LogP contribution in [0.15, 0.2) is 0 Å². The van der Waals surface area contributed by atoms with Crippen LogP contribution in [-0.4, -0.2) is 56.0 Å². The van der Waals surface area contributed by atoms with Crippen LogP contribution in [0.3, 0.4) is 0 Å². The van der Waals surface area contributed by atoms with E-state index >= 15 is 0 Å². The maximum atomic E-state index is 8.74. The topological polar surface area (TPSA) is 115 Å². The maximum Gasteiger partial charge on any atom is 0.394 e. The SMILES string of the molecule is CCCCCCCCCCC[CH2][Na].O=S(=O)(O)O.OO. The van der Waals surface area contributed by atoms with Gasteiger partial charge in [0.05, 0.1) is 0 Å². The molecule has 0 aliphatic carbocycles. The van der Waals surface area contributed by atoms with Crippen LogP contribution in [0.1, 0.15) is 71.1 Å². The monoisotopic (exact) mass is 324 g/mol. The summed E-state index contributed by atoms with van der Waals surface area (Å²) in [5.74, 6) is 0. The van der Waals surface area contributed by atoms with Gasteiger partial charge in [0.1, 0.15) is 0 Å². The van der Waals surface area contributed by atoms with Gasteiger partial charge in [0.15, 0.2) is 0 Å². The Balaban J connectivity index is -0.000000346. The van der Waals surface area contributed by atoms with Crippen molar-refractivity contribution < 1.29 is 28.0 Å². The van der Waals surface area contributed by atoms with E-state index in [1.54, 1.807) is 0 Å². The van der Waals surface area contributed by atoms with Crippen LogP contribution in [0, 0.1) is 0 Å². The predicted octanol–water partition coefficient (Wildman–Crippen LogP) is 3.86. The van der Waals surface area contributed by atoms with Crippen LogP contribution in [0.2, 0.25) is 3.67 Å². The molecule has 0 heterocycles. The van der Waals surface area contributed by atoms with E-state index in [4.69, 9.17) is 28.0 Å². The van der Waals surface area contributed by atoms with E-state index in [-0.39, 0.29) is 0 Å². The van der Waals surface area contributed by atoms with E-state index in [0.717, 1.165) is 0 Å². The summed E-state index contributed by atoms with van der Waals surface area (Å²) in [4.78, 5) is 0. The molecule has 0 unspecified atom stereocenters. The number of unbranched alkanes of at least 4 members (excludes halogenated alkanes) is 9. The van der Waals surface area contributed by atoms with E-state index in [1.807, 2.05) is 0 Å². The van der Waals surface area contributed by atoms with Crippen molar-refractivity contribution in [1.29, 1.82) is 0 Å². The molecule has 0 fully saturated rings. The van der Waals surface area contributed by atoms with Crippen molar-refractivity contribution in [2.24, 2.45) is 0 Å². The summed E-state index contributed by atoms with van der Waals surface area (Å²) < 4.78 is 33.1. The molecule has 0 aliphatic rings. The normalized spacial score (nSPS) is 10.2. The maximum absolute atomic E-state index is 8.74. The van der Waals surface area contributed by atoms with E-state index in [1.165, 1.54) is 95.8 Å². The second kappa shape index (κ2) is 22.1. The summed E-state index contributed by atoms with van der Waals surface area (Å²) in [7, 11) is -4.67. The summed E-state index contributed by atoms with van der Waals surface area (Å²) in [6.07, 6.45) is 14.7. The molecular formula is C12H29NaO6S. The summed E-state index contributed by atoms with van der Waals surface area (Å²) >= 11 is 1.41. The molecule has 4 N–H and O–H groups in total. The summed E-state index contributed by atoms with van der Waals surface area (Å²) in [6, 6.07) is 0. The third kappa shape index (κ3) is 51.1. The Hall–Kier alpha value is 0.790. The van der Waals surface area contributed by atoms with Crippen LogP contribution >= 0.6 is 0 Å². The molecule has 0 aromatic carbocycles. The molecular weight excluding hydrogens is 295 g/mol. The fourth-order valence-electron chi connectivity index (χ4n) is 1.74. The Bertz CT molecular complexity index is 228. The Labute approximate surface area is 140 Å². The Morgan fingerprint density at radius 1 is 0.750 bits per heavy atom. The zero-order chi connectivity index (χ0) is 16.3. The zero-order valence-electron chi connectivity index (χ0n) is 12.8. The van der Waals surface area contributed by atoms with Crippen molar-refractivity contribution in [2.45, 2.75) is 74.8 Å². The van der Waals surface area contributed by atoms with E-state index in [9.17, 15) is 0 Å². The average molecular weight is 324 g/mol. The minimum atomic E-state index is -4.67. The van der Waals surface area contributed by atoms with Crippen molar-refractivity contribution in [3.63, 3.8) is 0 Å². The fraction of sp³-hybridized carbons (Fsp3) is 1.00. The van der Waals surface area contributed by atoms with Gasteiger partial charge in [-0.1, -0.05) is 0 Å². The van der Waals surface area contributed by atoms with E-state index in [2.05, 4.69) is 6.92 Å². The summed E-state index contributed by atoms with van der Waals surface area (Å²) in [5, 5.41) is 12.0. The molecule has 0 radical (unpaired) electrons. The van der Waals surface area contributed by atoms with Gasteiger partial charge in [-0.3, -0.25) is 19.6 Å². The van der Waals surface area contributed by atoms with Gasteiger partial charge in [-0.25, -0.2) is 0 Å².